The molecule has 7 heteroatoms. The normalized spacial score (nSPS) is 10.7. The van der Waals surface area contributed by atoms with Crippen molar-refractivity contribution in [2.45, 2.75) is 6.54 Å². The highest BCUT2D eigenvalue weighted by molar-refractivity contribution is 6.31. The molecule has 0 atom stereocenters. The lowest BCUT2D eigenvalue weighted by Crippen LogP contribution is -2.04. The van der Waals surface area contributed by atoms with Crippen LogP contribution in [0.15, 0.2) is 42.5 Å². The minimum Gasteiger partial charge on any atom is -0.478 e. The molecule has 0 bridgehead atoms. The Morgan fingerprint density at radius 2 is 1.83 bits per heavy atom. The number of hydrogen-bond acceptors (Lipinski definition) is 4. The number of carbonyl (C=O) groups is 1. The second kappa shape index (κ2) is 6.40. The molecule has 0 saturated carbocycles. The van der Waals surface area contributed by atoms with Gasteiger partial charge in [-0.2, -0.15) is 0 Å². The van der Waals surface area contributed by atoms with Crippen LogP contribution in [-0.4, -0.2) is 21.0 Å². The van der Waals surface area contributed by atoms with Gasteiger partial charge in [0.15, 0.2) is 0 Å². The van der Waals surface area contributed by atoms with Crippen LogP contribution in [0, 0.1) is 0 Å². The van der Waals surface area contributed by atoms with Crippen molar-refractivity contribution in [3.63, 3.8) is 0 Å². The van der Waals surface area contributed by atoms with Gasteiger partial charge >= 0.3 is 5.97 Å². The molecular formula is C16H11Cl2N3O2. The Morgan fingerprint density at radius 3 is 2.52 bits per heavy atom. The molecular weight excluding hydrogens is 337 g/mol. The first-order valence-corrected chi connectivity index (χ1v) is 7.47. The number of carboxylic acids is 1. The van der Waals surface area contributed by atoms with Gasteiger partial charge in [-0.1, -0.05) is 23.7 Å². The third-order valence-electron chi connectivity index (χ3n) is 3.29. The maximum atomic E-state index is 10.8. The molecule has 0 aliphatic rings. The summed E-state index contributed by atoms with van der Waals surface area (Å²) < 4.78 is 0. The summed E-state index contributed by atoms with van der Waals surface area (Å²) >= 11 is 12.0. The largest absolute Gasteiger partial charge is 0.478 e. The first-order chi connectivity index (χ1) is 11.0. The van der Waals surface area contributed by atoms with Gasteiger partial charge in [-0.05, 0) is 47.5 Å². The van der Waals surface area contributed by atoms with E-state index in [0.717, 1.165) is 10.9 Å². The number of benzene rings is 2. The van der Waals surface area contributed by atoms with Crippen LogP contribution in [0.25, 0.3) is 10.9 Å². The molecule has 0 saturated heterocycles. The van der Waals surface area contributed by atoms with Gasteiger partial charge in [-0.15, -0.1) is 0 Å². The van der Waals surface area contributed by atoms with Gasteiger partial charge in [0, 0.05) is 17.0 Å². The van der Waals surface area contributed by atoms with Crippen molar-refractivity contribution in [1.29, 1.82) is 0 Å². The number of aromatic nitrogens is 2. The Kier molecular flexibility index (Phi) is 4.32. The van der Waals surface area contributed by atoms with Gasteiger partial charge in [0.1, 0.15) is 5.82 Å². The van der Waals surface area contributed by atoms with Gasteiger partial charge in [0.05, 0.1) is 11.1 Å². The molecule has 5 nitrogen and oxygen atoms in total. The molecule has 3 rings (SSSR count). The quantitative estimate of drug-likeness (QED) is 0.690. The van der Waals surface area contributed by atoms with Crippen molar-refractivity contribution in [2.24, 2.45) is 0 Å². The van der Waals surface area contributed by atoms with E-state index in [9.17, 15) is 4.79 Å². The molecule has 0 fully saturated rings. The summed E-state index contributed by atoms with van der Waals surface area (Å²) in [5, 5.41) is 13.6. The first kappa shape index (κ1) is 15.5. The van der Waals surface area contributed by atoms with Crippen molar-refractivity contribution in [3.8, 4) is 0 Å². The third-order valence-corrected chi connectivity index (χ3v) is 3.70. The molecule has 1 heterocycles. The van der Waals surface area contributed by atoms with Crippen LogP contribution in [0.5, 0.6) is 0 Å². The van der Waals surface area contributed by atoms with Gasteiger partial charge in [-0.25, -0.2) is 14.8 Å². The molecule has 2 N–H and O–H groups in total. The molecule has 0 amide bonds. The third kappa shape index (κ3) is 3.52. The maximum absolute atomic E-state index is 10.8. The average Bonchev–Trinajstić information content (AvgIpc) is 2.53. The number of nitrogens with zero attached hydrogens (tertiary/aromatic N) is 2. The Labute approximate surface area is 141 Å². The van der Waals surface area contributed by atoms with E-state index in [1.54, 1.807) is 42.5 Å². The van der Waals surface area contributed by atoms with Crippen LogP contribution in [0.2, 0.25) is 10.3 Å². The fourth-order valence-corrected chi connectivity index (χ4v) is 2.51. The highest BCUT2D eigenvalue weighted by Crippen LogP contribution is 2.25. The van der Waals surface area contributed by atoms with Crippen molar-refractivity contribution < 1.29 is 9.90 Å². The minimum atomic E-state index is -0.951. The number of aromatic carboxylic acids is 1. The van der Waals surface area contributed by atoms with Crippen LogP contribution in [-0.2, 0) is 6.54 Å². The molecule has 0 radical (unpaired) electrons. The van der Waals surface area contributed by atoms with Gasteiger partial charge in [0.25, 0.3) is 0 Å². The van der Waals surface area contributed by atoms with E-state index in [1.165, 1.54) is 0 Å². The predicted octanol–water partition coefficient (Wildman–Crippen LogP) is 4.25. The van der Waals surface area contributed by atoms with Crippen molar-refractivity contribution in [3.05, 3.63) is 63.9 Å². The number of nitrogens with one attached hydrogen (secondary N) is 1. The lowest BCUT2D eigenvalue weighted by molar-refractivity contribution is 0.0697. The summed E-state index contributed by atoms with van der Waals surface area (Å²) in [6, 6.07) is 11.9. The summed E-state index contributed by atoms with van der Waals surface area (Å²) in [5.41, 5.74) is 1.86. The Balaban J connectivity index is 1.86. The van der Waals surface area contributed by atoms with Gasteiger partial charge in [0.2, 0.25) is 5.28 Å². The molecule has 0 unspecified atom stereocenters. The Hall–Kier alpha value is -2.37. The van der Waals surface area contributed by atoms with Crippen molar-refractivity contribution in [2.75, 3.05) is 5.32 Å². The number of fused-ring (bicyclic) bond motifs is 1. The summed E-state index contributed by atoms with van der Waals surface area (Å²) in [6.07, 6.45) is 0. The summed E-state index contributed by atoms with van der Waals surface area (Å²) in [4.78, 5) is 19.2. The van der Waals surface area contributed by atoms with E-state index >= 15 is 0 Å². The molecule has 116 valence electrons. The fourth-order valence-electron chi connectivity index (χ4n) is 2.16. The van der Waals surface area contributed by atoms with Gasteiger partial charge in [-0.3, -0.25) is 0 Å². The second-order valence-corrected chi connectivity index (χ2v) is 5.63. The highest BCUT2D eigenvalue weighted by atomic mass is 35.5. The molecule has 3 aromatic rings. The average molecular weight is 348 g/mol. The summed E-state index contributed by atoms with van der Waals surface area (Å²) in [5.74, 6) is -0.377. The minimum absolute atomic E-state index is 0.142. The highest BCUT2D eigenvalue weighted by Gasteiger charge is 2.08. The number of halogens is 2. The van der Waals surface area contributed by atoms with Crippen molar-refractivity contribution in [1.82, 2.24) is 9.97 Å². The lowest BCUT2D eigenvalue weighted by atomic mass is 10.1. The number of anilines is 1. The molecule has 0 aliphatic heterocycles. The van der Waals surface area contributed by atoms with E-state index in [-0.39, 0.29) is 10.8 Å². The number of hydrogen-bond donors (Lipinski definition) is 2. The van der Waals surface area contributed by atoms with Crippen LogP contribution in [0.4, 0.5) is 5.82 Å². The van der Waals surface area contributed by atoms with E-state index in [1.807, 2.05) is 0 Å². The van der Waals surface area contributed by atoms with Crippen molar-refractivity contribution >= 4 is 45.9 Å². The van der Waals surface area contributed by atoms with E-state index in [2.05, 4.69) is 15.3 Å². The molecule has 1 aromatic heterocycles. The van der Waals surface area contributed by atoms with E-state index < -0.39 is 5.97 Å². The number of rotatable bonds is 4. The fraction of sp³-hybridized carbons (Fsp3) is 0.0625. The SMILES string of the molecule is O=C(O)c1ccc(CNc2nc(Cl)nc3ccc(Cl)cc23)cc1. The maximum Gasteiger partial charge on any atom is 0.335 e. The smallest absolute Gasteiger partial charge is 0.335 e. The zero-order valence-electron chi connectivity index (χ0n) is 11.8. The monoisotopic (exact) mass is 347 g/mol. The van der Waals surface area contributed by atoms with Crippen LogP contribution in [0.1, 0.15) is 15.9 Å². The first-order valence-electron chi connectivity index (χ1n) is 6.72. The van der Waals surface area contributed by atoms with Crippen LogP contribution >= 0.6 is 23.2 Å². The van der Waals surface area contributed by atoms with Gasteiger partial charge < -0.3 is 10.4 Å². The Bertz CT molecular complexity index is 882. The molecule has 0 aliphatic carbocycles. The summed E-state index contributed by atoms with van der Waals surface area (Å²) in [7, 11) is 0. The lowest BCUT2D eigenvalue weighted by Gasteiger charge is -2.09. The second-order valence-electron chi connectivity index (χ2n) is 4.86. The topological polar surface area (TPSA) is 75.1 Å². The molecule has 0 spiro atoms. The molecule has 23 heavy (non-hydrogen) atoms. The zero-order valence-corrected chi connectivity index (χ0v) is 13.3. The van der Waals surface area contributed by atoms with E-state index in [0.29, 0.717) is 22.9 Å². The molecule has 2 aromatic carbocycles. The standard InChI is InChI=1S/C16H11Cl2N3O2/c17-11-5-6-13-12(7-11)14(21-16(18)20-13)19-8-9-1-3-10(4-2-9)15(22)23/h1-7H,8H2,(H,22,23)(H,19,20,21). The van der Waals surface area contributed by atoms with Crippen LogP contribution in [0.3, 0.4) is 0 Å². The number of carboxylic acid groups (broad SMARTS) is 1. The van der Waals surface area contributed by atoms with E-state index in [4.69, 9.17) is 28.3 Å². The predicted molar refractivity (Wildman–Crippen MR) is 90.3 cm³/mol. The summed E-state index contributed by atoms with van der Waals surface area (Å²) in [6.45, 7) is 0.467. The van der Waals surface area contributed by atoms with Crippen LogP contribution < -0.4 is 5.32 Å². The Morgan fingerprint density at radius 1 is 1.09 bits per heavy atom. The zero-order chi connectivity index (χ0) is 16.4.